The molecule has 1 aromatic carbocycles. The zero-order chi connectivity index (χ0) is 21.5. The van der Waals surface area contributed by atoms with Crippen LogP contribution in [0.25, 0.3) is 0 Å². The highest BCUT2D eigenvalue weighted by atomic mass is 16.2. The number of nitrogens with zero attached hydrogens (tertiary/aromatic N) is 4. The summed E-state index contributed by atoms with van der Waals surface area (Å²) in [5, 5.41) is 7.48. The van der Waals surface area contributed by atoms with Gasteiger partial charge in [0.1, 0.15) is 11.9 Å². The van der Waals surface area contributed by atoms with E-state index >= 15 is 0 Å². The van der Waals surface area contributed by atoms with Gasteiger partial charge in [-0.25, -0.2) is 4.68 Å². The molecule has 2 heterocycles. The van der Waals surface area contributed by atoms with Crippen molar-refractivity contribution in [3.8, 4) is 0 Å². The number of carbonyl (C=O) groups excluding carboxylic acids is 2. The summed E-state index contributed by atoms with van der Waals surface area (Å²) >= 11 is 0. The minimum atomic E-state index is -0.501. The van der Waals surface area contributed by atoms with Crippen LogP contribution in [0.1, 0.15) is 44.4 Å². The van der Waals surface area contributed by atoms with Crippen molar-refractivity contribution in [3.63, 3.8) is 0 Å². The second-order valence-electron chi connectivity index (χ2n) is 7.80. The zero-order valence-electron chi connectivity index (χ0n) is 18.3. The molecular formula is C23H33N5O2. The van der Waals surface area contributed by atoms with Crippen LogP contribution in [0.5, 0.6) is 0 Å². The first kappa shape index (κ1) is 22.0. The number of aryl methyl sites for hydroxylation is 2. The summed E-state index contributed by atoms with van der Waals surface area (Å²) < 4.78 is 1.83. The van der Waals surface area contributed by atoms with Crippen molar-refractivity contribution in [1.29, 1.82) is 0 Å². The lowest BCUT2D eigenvalue weighted by Crippen LogP contribution is -2.52. The van der Waals surface area contributed by atoms with Gasteiger partial charge in [-0.1, -0.05) is 44.2 Å². The van der Waals surface area contributed by atoms with Gasteiger partial charge in [-0.3, -0.25) is 19.4 Å². The largest absolute Gasteiger partial charge is 0.354 e. The first-order chi connectivity index (χ1) is 14.5. The monoisotopic (exact) mass is 411 g/mol. The van der Waals surface area contributed by atoms with Crippen molar-refractivity contribution in [2.24, 2.45) is 0 Å². The third-order valence-corrected chi connectivity index (χ3v) is 5.58. The summed E-state index contributed by atoms with van der Waals surface area (Å²) in [5.41, 5.74) is 2.16. The topological polar surface area (TPSA) is 70.5 Å². The molecule has 0 saturated carbocycles. The number of hydrogen-bond acceptors (Lipinski definition) is 4. The fourth-order valence-corrected chi connectivity index (χ4v) is 3.98. The fourth-order valence-electron chi connectivity index (χ4n) is 3.98. The molecule has 7 heteroatoms. The Morgan fingerprint density at radius 1 is 1.27 bits per heavy atom. The number of carbonyl (C=O) groups is 2. The van der Waals surface area contributed by atoms with Crippen LogP contribution >= 0.6 is 0 Å². The highest BCUT2D eigenvalue weighted by molar-refractivity contribution is 6.00. The van der Waals surface area contributed by atoms with E-state index in [4.69, 9.17) is 0 Å². The molecule has 1 atom stereocenters. The number of rotatable bonds is 10. The van der Waals surface area contributed by atoms with E-state index in [0.717, 1.165) is 37.6 Å². The number of anilines is 1. The molecule has 3 rings (SSSR count). The predicted molar refractivity (Wildman–Crippen MR) is 118 cm³/mol. The smallest absolute Gasteiger partial charge is 0.243 e. The van der Waals surface area contributed by atoms with Crippen molar-refractivity contribution < 1.29 is 9.59 Å². The second kappa shape index (κ2) is 10.4. The van der Waals surface area contributed by atoms with Crippen LogP contribution in [0, 0.1) is 6.92 Å². The Labute approximate surface area is 179 Å². The summed E-state index contributed by atoms with van der Waals surface area (Å²) in [4.78, 5) is 29.5. The molecule has 1 aliphatic heterocycles. The second-order valence-corrected chi connectivity index (χ2v) is 7.80. The summed E-state index contributed by atoms with van der Waals surface area (Å²) in [6.45, 7) is 9.97. The lowest BCUT2D eigenvalue weighted by molar-refractivity contribution is -0.127. The number of aromatic nitrogens is 2. The molecule has 2 aromatic rings. The van der Waals surface area contributed by atoms with Crippen LogP contribution in [-0.2, 0) is 22.7 Å². The molecule has 2 amide bonds. The maximum Gasteiger partial charge on any atom is 0.243 e. The molecule has 0 radical (unpaired) electrons. The molecule has 0 spiro atoms. The van der Waals surface area contributed by atoms with E-state index < -0.39 is 6.04 Å². The number of amides is 2. The number of hydrogen-bond donors (Lipinski definition) is 1. The SMILES string of the molecule is CC[C@H](C(=O)NCCCN(CC)Cc1ccccc1)N1C(=O)CCn2nc(C)cc21. The molecule has 1 aliphatic rings. The highest BCUT2D eigenvalue weighted by Crippen LogP contribution is 2.26. The number of fused-ring (bicyclic) bond motifs is 1. The van der Waals surface area contributed by atoms with Gasteiger partial charge in [0, 0.05) is 32.1 Å². The quantitative estimate of drug-likeness (QED) is 0.611. The molecule has 162 valence electrons. The van der Waals surface area contributed by atoms with Crippen molar-refractivity contribution in [2.45, 2.75) is 59.2 Å². The van der Waals surface area contributed by atoms with E-state index in [1.807, 2.05) is 30.7 Å². The van der Waals surface area contributed by atoms with E-state index in [2.05, 4.69) is 46.5 Å². The summed E-state index contributed by atoms with van der Waals surface area (Å²) in [6.07, 6.45) is 1.81. The normalized spacial score (nSPS) is 14.7. The van der Waals surface area contributed by atoms with Gasteiger partial charge in [-0.15, -0.1) is 0 Å². The molecule has 30 heavy (non-hydrogen) atoms. The van der Waals surface area contributed by atoms with Gasteiger partial charge in [0.05, 0.1) is 12.2 Å². The van der Waals surface area contributed by atoms with Gasteiger partial charge >= 0.3 is 0 Å². The van der Waals surface area contributed by atoms with Gasteiger partial charge in [0.25, 0.3) is 0 Å². The third kappa shape index (κ3) is 5.27. The van der Waals surface area contributed by atoms with Crippen LogP contribution < -0.4 is 10.2 Å². The van der Waals surface area contributed by atoms with Gasteiger partial charge < -0.3 is 5.32 Å². The molecule has 7 nitrogen and oxygen atoms in total. The molecule has 0 aliphatic carbocycles. The standard InChI is InChI=1S/C23H33N5O2/c1-4-20(28-21-16-18(3)25-27(21)15-12-22(28)29)23(30)24-13-9-14-26(5-2)17-19-10-7-6-8-11-19/h6-8,10-11,16,20H,4-5,9,12-15,17H2,1-3H3,(H,24,30)/t20-/m1/s1. The predicted octanol–water partition coefficient (Wildman–Crippen LogP) is 2.74. The number of benzene rings is 1. The minimum Gasteiger partial charge on any atom is -0.354 e. The van der Waals surface area contributed by atoms with Gasteiger partial charge in [-0.2, -0.15) is 5.10 Å². The average Bonchev–Trinajstić information content (AvgIpc) is 3.13. The first-order valence-corrected chi connectivity index (χ1v) is 10.9. The molecule has 0 bridgehead atoms. The molecular weight excluding hydrogens is 378 g/mol. The first-order valence-electron chi connectivity index (χ1n) is 10.9. The Balaban J connectivity index is 1.52. The van der Waals surface area contributed by atoms with Crippen molar-refractivity contribution >= 4 is 17.6 Å². The zero-order valence-corrected chi connectivity index (χ0v) is 18.3. The van der Waals surface area contributed by atoms with E-state index in [9.17, 15) is 9.59 Å². The molecule has 1 N–H and O–H groups in total. The lowest BCUT2D eigenvalue weighted by Gasteiger charge is -2.33. The van der Waals surface area contributed by atoms with E-state index in [1.165, 1.54) is 5.56 Å². The molecule has 0 saturated heterocycles. The molecule has 0 fully saturated rings. The molecule has 0 unspecified atom stereocenters. The number of nitrogens with one attached hydrogen (secondary N) is 1. The fraction of sp³-hybridized carbons (Fsp3) is 0.522. The maximum absolute atomic E-state index is 12.9. The van der Waals surface area contributed by atoms with Crippen molar-refractivity contribution in [3.05, 3.63) is 47.7 Å². The maximum atomic E-state index is 12.9. The van der Waals surface area contributed by atoms with Crippen molar-refractivity contribution in [2.75, 3.05) is 24.5 Å². The summed E-state index contributed by atoms with van der Waals surface area (Å²) in [5.74, 6) is 0.624. The summed E-state index contributed by atoms with van der Waals surface area (Å²) in [7, 11) is 0. The van der Waals surface area contributed by atoms with Crippen LogP contribution in [0.2, 0.25) is 0 Å². The Hall–Kier alpha value is -2.67. The Kier molecular flexibility index (Phi) is 7.63. The third-order valence-electron chi connectivity index (χ3n) is 5.58. The van der Waals surface area contributed by atoms with Crippen LogP contribution in [0.4, 0.5) is 5.82 Å². The van der Waals surface area contributed by atoms with Gasteiger partial charge in [0.2, 0.25) is 11.8 Å². The molecule has 1 aromatic heterocycles. The minimum absolute atomic E-state index is 0.00980. The van der Waals surface area contributed by atoms with Crippen molar-refractivity contribution in [1.82, 2.24) is 20.0 Å². The Bertz CT molecular complexity index is 849. The van der Waals surface area contributed by atoms with Gasteiger partial charge in [0.15, 0.2) is 0 Å². The van der Waals surface area contributed by atoms with Crippen LogP contribution in [-0.4, -0.2) is 52.2 Å². The van der Waals surface area contributed by atoms with E-state index in [1.54, 1.807) is 4.90 Å². The Morgan fingerprint density at radius 3 is 2.73 bits per heavy atom. The Morgan fingerprint density at radius 2 is 2.03 bits per heavy atom. The lowest BCUT2D eigenvalue weighted by atomic mass is 10.1. The summed E-state index contributed by atoms with van der Waals surface area (Å²) in [6, 6.07) is 11.8. The van der Waals surface area contributed by atoms with Gasteiger partial charge in [-0.05, 0) is 31.9 Å². The van der Waals surface area contributed by atoms with Crippen LogP contribution in [0.15, 0.2) is 36.4 Å². The van der Waals surface area contributed by atoms with E-state index in [-0.39, 0.29) is 11.8 Å². The average molecular weight is 412 g/mol. The van der Waals surface area contributed by atoms with E-state index in [0.29, 0.717) is 25.9 Å². The van der Waals surface area contributed by atoms with Crippen LogP contribution in [0.3, 0.4) is 0 Å². The highest BCUT2D eigenvalue weighted by Gasteiger charge is 2.34.